The Morgan fingerprint density at radius 1 is 1.21 bits per heavy atom. The summed E-state index contributed by atoms with van der Waals surface area (Å²) in [6, 6.07) is 0. The van der Waals surface area contributed by atoms with Crippen molar-refractivity contribution in [3.05, 3.63) is 15.6 Å². The number of aryl methyl sites for hydroxylation is 1. The summed E-state index contributed by atoms with van der Waals surface area (Å²) in [7, 11) is 0. The minimum absolute atomic E-state index is 0.421. The van der Waals surface area contributed by atoms with Gasteiger partial charge in [-0.15, -0.1) is 11.3 Å². The zero-order valence-electron chi connectivity index (χ0n) is 12.1. The van der Waals surface area contributed by atoms with E-state index in [1.807, 2.05) is 6.92 Å². The predicted octanol–water partition coefficient (Wildman–Crippen LogP) is 3.42. The molecule has 0 saturated heterocycles. The quantitative estimate of drug-likeness (QED) is 0.755. The topological polar surface area (TPSA) is 53.4 Å². The van der Waals surface area contributed by atoms with Crippen molar-refractivity contribution >= 4 is 17.3 Å². The molecule has 0 aromatic carbocycles. The average molecular weight is 284 g/mol. The van der Waals surface area contributed by atoms with Crippen LogP contribution < -0.4 is 0 Å². The van der Waals surface area contributed by atoms with Gasteiger partial charge < -0.3 is 5.11 Å². The van der Waals surface area contributed by atoms with Gasteiger partial charge in [-0.05, 0) is 32.4 Å². The summed E-state index contributed by atoms with van der Waals surface area (Å²) in [6.45, 7) is 9.23. The zero-order chi connectivity index (χ0) is 14.3. The van der Waals surface area contributed by atoms with E-state index in [0.29, 0.717) is 4.88 Å². The van der Waals surface area contributed by atoms with Crippen LogP contribution in [0.1, 0.15) is 60.4 Å². The SMILES string of the molecule is CCCc1nc(CN(CCC)CCC)sc1C(=O)O. The van der Waals surface area contributed by atoms with E-state index < -0.39 is 5.97 Å². The molecule has 0 aliphatic rings. The fourth-order valence-electron chi connectivity index (χ4n) is 2.14. The number of carboxylic acids is 1. The summed E-state index contributed by atoms with van der Waals surface area (Å²) >= 11 is 1.34. The number of hydrogen-bond acceptors (Lipinski definition) is 4. The van der Waals surface area contributed by atoms with Crippen LogP contribution in [-0.4, -0.2) is 34.0 Å². The molecule has 1 aromatic rings. The first-order valence-electron chi connectivity index (χ1n) is 7.06. The van der Waals surface area contributed by atoms with Crippen molar-refractivity contribution in [2.75, 3.05) is 13.1 Å². The molecule has 0 saturated carbocycles. The molecule has 1 aromatic heterocycles. The highest BCUT2D eigenvalue weighted by molar-refractivity contribution is 7.13. The Labute approximate surface area is 119 Å². The van der Waals surface area contributed by atoms with E-state index in [-0.39, 0.29) is 0 Å². The lowest BCUT2D eigenvalue weighted by atomic mass is 10.2. The van der Waals surface area contributed by atoms with Crippen LogP contribution in [0.3, 0.4) is 0 Å². The van der Waals surface area contributed by atoms with Crippen LogP contribution >= 0.6 is 11.3 Å². The molecular formula is C14H24N2O2S. The molecule has 5 heteroatoms. The Balaban J connectivity index is 2.82. The number of rotatable bonds is 9. The molecule has 0 spiro atoms. The number of carbonyl (C=O) groups is 1. The number of hydrogen-bond donors (Lipinski definition) is 1. The highest BCUT2D eigenvalue weighted by Crippen LogP contribution is 2.21. The molecule has 1 rings (SSSR count). The lowest BCUT2D eigenvalue weighted by molar-refractivity contribution is 0.0700. The van der Waals surface area contributed by atoms with Gasteiger partial charge in [0.15, 0.2) is 0 Å². The molecule has 0 unspecified atom stereocenters. The van der Waals surface area contributed by atoms with E-state index >= 15 is 0 Å². The number of carboxylic acid groups (broad SMARTS) is 1. The molecule has 0 bridgehead atoms. The largest absolute Gasteiger partial charge is 0.477 e. The van der Waals surface area contributed by atoms with Crippen molar-refractivity contribution in [2.45, 2.75) is 53.0 Å². The summed E-state index contributed by atoms with van der Waals surface area (Å²) in [4.78, 5) is 18.5. The third kappa shape index (κ3) is 4.91. The molecule has 0 radical (unpaired) electrons. The van der Waals surface area contributed by atoms with Crippen LogP contribution in [0.2, 0.25) is 0 Å². The average Bonchev–Trinajstić information content (AvgIpc) is 2.73. The summed E-state index contributed by atoms with van der Waals surface area (Å²) in [5.74, 6) is -0.843. The first-order chi connectivity index (χ1) is 9.12. The van der Waals surface area contributed by atoms with E-state index in [4.69, 9.17) is 0 Å². The number of aromatic nitrogens is 1. The van der Waals surface area contributed by atoms with Crippen molar-refractivity contribution in [3.63, 3.8) is 0 Å². The lowest BCUT2D eigenvalue weighted by Gasteiger charge is -2.19. The zero-order valence-corrected chi connectivity index (χ0v) is 12.9. The first kappa shape index (κ1) is 16.1. The lowest BCUT2D eigenvalue weighted by Crippen LogP contribution is -2.24. The summed E-state index contributed by atoms with van der Waals surface area (Å²) in [5, 5.41) is 10.1. The number of nitrogens with zero attached hydrogens (tertiary/aromatic N) is 2. The van der Waals surface area contributed by atoms with Crippen molar-refractivity contribution in [1.82, 2.24) is 9.88 Å². The molecule has 1 heterocycles. The molecule has 19 heavy (non-hydrogen) atoms. The molecule has 4 nitrogen and oxygen atoms in total. The van der Waals surface area contributed by atoms with E-state index in [0.717, 1.165) is 56.0 Å². The van der Waals surface area contributed by atoms with Gasteiger partial charge in [0.05, 0.1) is 12.2 Å². The molecule has 1 N–H and O–H groups in total. The standard InChI is InChI=1S/C14H24N2O2S/c1-4-7-11-13(14(17)18)19-12(15-11)10-16(8-5-2)9-6-3/h4-10H2,1-3H3,(H,17,18). The van der Waals surface area contributed by atoms with E-state index in [1.165, 1.54) is 11.3 Å². The molecule has 108 valence electrons. The van der Waals surface area contributed by atoms with Gasteiger partial charge in [-0.2, -0.15) is 0 Å². The molecule has 0 fully saturated rings. The maximum atomic E-state index is 11.2. The van der Waals surface area contributed by atoms with Crippen molar-refractivity contribution in [2.24, 2.45) is 0 Å². The predicted molar refractivity (Wildman–Crippen MR) is 78.9 cm³/mol. The Morgan fingerprint density at radius 3 is 2.32 bits per heavy atom. The Bertz CT molecular complexity index is 398. The van der Waals surface area contributed by atoms with E-state index in [2.05, 4.69) is 23.7 Å². The highest BCUT2D eigenvalue weighted by atomic mass is 32.1. The van der Waals surface area contributed by atoms with E-state index in [1.54, 1.807) is 0 Å². The minimum Gasteiger partial charge on any atom is -0.477 e. The van der Waals surface area contributed by atoms with Crippen LogP contribution in [0.4, 0.5) is 0 Å². The fourth-order valence-corrected chi connectivity index (χ4v) is 3.13. The third-order valence-corrected chi connectivity index (χ3v) is 3.93. The van der Waals surface area contributed by atoms with Gasteiger partial charge in [-0.3, -0.25) is 4.90 Å². The summed E-state index contributed by atoms with van der Waals surface area (Å²) in [6.07, 6.45) is 3.90. The second kappa shape index (κ2) is 8.27. The normalized spacial score (nSPS) is 11.2. The molecule has 0 aliphatic carbocycles. The van der Waals surface area contributed by atoms with Gasteiger partial charge in [0.1, 0.15) is 9.88 Å². The van der Waals surface area contributed by atoms with E-state index in [9.17, 15) is 9.90 Å². The van der Waals surface area contributed by atoms with Crippen LogP contribution in [0.25, 0.3) is 0 Å². The van der Waals surface area contributed by atoms with Crippen molar-refractivity contribution < 1.29 is 9.90 Å². The second-order valence-corrected chi connectivity index (χ2v) is 5.80. The minimum atomic E-state index is -0.843. The molecule has 0 aliphatic heterocycles. The van der Waals surface area contributed by atoms with Crippen LogP contribution in [0.15, 0.2) is 0 Å². The van der Waals surface area contributed by atoms with Gasteiger partial charge in [0.2, 0.25) is 0 Å². The maximum Gasteiger partial charge on any atom is 0.347 e. The summed E-state index contributed by atoms with van der Waals surface area (Å²) < 4.78 is 0. The maximum absolute atomic E-state index is 11.2. The van der Waals surface area contributed by atoms with Crippen LogP contribution in [0, 0.1) is 0 Å². The number of aromatic carboxylic acids is 1. The molecule has 0 atom stereocenters. The van der Waals surface area contributed by atoms with Crippen LogP contribution in [0.5, 0.6) is 0 Å². The van der Waals surface area contributed by atoms with Crippen molar-refractivity contribution in [1.29, 1.82) is 0 Å². The molecular weight excluding hydrogens is 260 g/mol. The number of thiazole rings is 1. The van der Waals surface area contributed by atoms with Gasteiger partial charge in [0.25, 0.3) is 0 Å². The highest BCUT2D eigenvalue weighted by Gasteiger charge is 2.17. The second-order valence-electron chi connectivity index (χ2n) is 4.71. The smallest absolute Gasteiger partial charge is 0.347 e. The van der Waals surface area contributed by atoms with Gasteiger partial charge >= 0.3 is 5.97 Å². The Kier molecular flexibility index (Phi) is 7.02. The fraction of sp³-hybridized carbons (Fsp3) is 0.714. The monoisotopic (exact) mass is 284 g/mol. The summed E-state index contributed by atoms with van der Waals surface area (Å²) in [5.41, 5.74) is 0.753. The van der Waals surface area contributed by atoms with Gasteiger partial charge in [0, 0.05) is 0 Å². The Morgan fingerprint density at radius 2 is 1.84 bits per heavy atom. The molecule has 0 amide bonds. The van der Waals surface area contributed by atoms with Crippen molar-refractivity contribution in [3.8, 4) is 0 Å². The van der Waals surface area contributed by atoms with Crippen LogP contribution in [-0.2, 0) is 13.0 Å². The van der Waals surface area contributed by atoms with Gasteiger partial charge in [-0.1, -0.05) is 27.2 Å². The first-order valence-corrected chi connectivity index (χ1v) is 7.88. The third-order valence-electron chi connectivity index (χ3n) is 2.86. The van der Waals surface area contributed by atoms with Gasteiger partial charge in [-0.25, -0.2) is 9.78 Å². The Hall–Kier alpha value is -0.940.